The molecule has 0 N–H and O–H groups in total. The molecule has 1 unspecified atom stereocenters. The van der Waals surface area contributed by atoms with Crippen LogP contribution < -0.4 is 4.74 Å². The van der Waals surface area contributed by atoms with E-state index in [0.717, 1.165) is 16.2 Å². The first kappa shape index (κ1) is 17.4. The first-order chi connectivity index (χ1) is 11.0. The number of carbonyl (C=O) groups excluding carboxylic acids is 1. The number of carbonyl (C=O) groups is 1. The van der Waals surface area contributed by atoms with Crippen molar-refractivity contribution in [2.45, 2.75) is 37.0 Å². The number of hydrogen-bond donors (Lipinski definition) is 0. The number of benzene rings is 2. The summed E-state index contributed by atoms with van der Waals surface area (Å²) in [6.45, 7) is 5.76. The lowest BCUT2D eigenvalue weighted by Gasteiger charge is -2.18. The van der Waals surface area contributed by atoms with Crippen molar-refractivity contribution in [1.82, 2.24) is 0 Å². The molecule has 3 nitrogen and oxygen atoms in total. The molecular formula is C19H22O3S. The Morgan fingerprint density at radius 1 is 1.00 bits per heavy atom. The van der Waals surface area contributed by atoms with Crippen molar-refractivity contribution in [3.63, 3.8) is 0 Å². The van der Waals surface area contributed by atoms with Crippen LogP contribution in [0, 0.1) is 6.92 Å². The number of aryl methyl sites for hydroxylation is 1. The van der Waals surface area contributed by atoms with Gasteiger partial charge < -0.3 is 9.47 Å². The maximum atomic E-state index is 12.5. The van der Waals surface area contributed by atoms with E-state index in [9.17, 15) is 4.79 Å². The minimum Gasteiger partial charge on any atom is -0.497 e. The molecule has 1 atom stereocenters. The van der Waals surface area contributed by atoms with Crippen molar-refractivity contribution in [3.8, 4) is 5.75 Å². The summed E-state index contributed by atoms with van der Waals surface area (Å²) in [6, 6.07) is 15.7. The fourth-order valence-electron chi connectivity index (χ4n) is 2.08. The average Bonchev–Trinajstić information content (AvgIpc) is 2.53. The van der Waals surface area contributed by atoms with E-state index >= 15 is 0 Å². The minimum atomic E-state index is -0.383. The first-order valence-electron chi connectivity index (χ1n) is 7.57. The molecule has 2 rings (SSSR count). The fraction of sp³-hybridized carbons (Fsp3) is 0.316. The fourth-order valence-corrected chi connectivity index (χ4v) is 3.09. The van der Waals surface area contributed by atoms with Crippen LogP contribution in [0.4, 0.5) is 0 Å². The Morgan fingerprint density at radius 3 is 2.13 bits per heavy atom. The zero-order valence-electron chi connectivity index (χ0n) is 13.9. The Bertz CT molecular complexity index is 633. The van der Waals surface area contributed by atoms with Gasteiger partial charge in [-0.15, -0.1) is 11.8 Å². The molecule has 2 aromatic rings. The summed E-state index contributed by atoms with van der Waals surface area (Å²) in [5.41, 5.74) is 2.11. The van der Waals surface area contributed by atoms with E-state index in [2.05, 4.69) is 0 Å². The smallest absolute Gasteiger partial charge is 0.324 e. The zero-order chi connectivity index (χ0) is 16.8. The number of thioether (sulfide) groups is 1. The van der Waals surface area contributed by atoms with Gasteiger partial charge in [-0.2, -0.15) is 0 Å². The van der Waals surface area contributed by atoms with Crippen molar-refractivity contribution >= 4 is 17.7 Å². The average molecular weight is 330 g/mol. The van der Waals surface area contributed by atoms with Crippen LogP contribution in [-0.2, 0) is 9.53 Å². The molecule has 0 saturated heterocycles. The van der Waals surface area contributed by atoms with Crippen molar-refractivity contribution < 1.29 is 14.3 Å². The number of esters is 1. The van der Waals surface area contributed by atoms with Crippen LogP contribution in [0.15, 0.2) is 53.4 Å². The number of ether oxygens (including phenoxy) is 2. The quantitative estimate of drug-likeness (QED) is 0.563. The van der Waals surface area contributed by atoms with Gasteiger partial charge in [0.1, 0.15) is 11.0 Å². The summed E-state index contributed by atoms with van der Waals surface area (Å²) in [6.07, 6.45) is -0.132. The van der Waals surface area contributed by atoms with Crippen molar-refractivity contribution in [1.29, 1.82) is 0 Å². The van der Waals surface area contributed by atoms with Crippen LogP contribution in [0.5, 0.6) is 5.75 Å². The van der Waals surface area contributed by atoms with E-state index < -0.39 is 0 Å². The topological polar surface area (TPSA) is 35.5 Å². The highest BCUT2D eigenvalue weighted by Crippen LogP contribution is 2.37. The number of hydrogen-bond acceptors (Lipinski definition) is 4. The standard InChI is InChI=1S/C19H22O3S/c1-13(2)22-19(20)18(15-7-5-14(3)6-8-15)23-17-11-9-16(21-4)10-12-17/h5-13,18H,1-4H3. The van der Waals surface area contributed by atoms with Crippen LogP contribution in [0.1, 0.15) is 30.2 Å². The minimum absolute atomic E-state index is 0.132. The van der Waals surface area contributed by atoms with Crippen molar-refractivity contribution in [3.05, 3.63) is 59.7 Å². The monoisotopic (exact) mass is 330 g/mol. The normalized spacial score (nSPS) is 12.0. The molecule has 2 aromatic carbocycles. The number of methoxy groups -OCH3 is 1. The van der Waals surface area contributed by atoms with Gasteiger partial charge in [-0.25, -0.2) is 0 Å². The Balaban J connectivity index is 2.24. The predicted octanol–water partition coefficient (Wildman–Crippen LogP) is 4.79. The lowest BCUT2D eigenvalue weighted by atomic mass is 10.1. The van der Waals surface area contributed by atoms with E-state index in [-0.39, 0.29) is 17.3 Å². The van der Waals surface area contributed by atoms with E-state index in [1.165, 1.54) is 17.3 Å². The van der Waals surface area contributed by atoms with Crippen LogP contribution in [0.3, 0.4) is 0 Å². The largest absolute Gasteiger partial charge is 0.497 e. The second-order valence-corrected chi connectivity index (χ2v) is 6.75. The first-order valence-corrected chi connectivity index (χ1v) is 8.45. The van der Waals surface area contributed by atoms with Crippen molar-refractivity contribution in [2.75, 3.05) is 7.11 Å². The van der Waals surface area contributed by atoms with Crippen LogP contribution in [-0.4, -0.2) is 19.2 Å². The summed E-state index contributed by atoms with van der Waals surface area (Å²) in [4.78, 5) is 13.5. The Kier molecular flexibility index (Phi) is 6.11. The molecule has 0 amide bonds. The lowest BCUT2D eigenvalue weighted by Crippen LogP contribution is -2.17. The highest BCUT2D eigenvalue weighted by Gasteiger charge is 2.24. The molecule has 0 radical (unpaired) electrons. The van der Waals surface area contributed by atoms with Gasteiger partial charge in [-0.05, 0) is 50.6 Å². The molecule has 0 aromatic heterocycles. The highest BCUT2D eigenvalue weighted by molar-refractivity contribution is 8.00. The van der Waals surface area contributed by atoms with Gasteiger partial charge in [-0.1, -0.05) is 29.8 Å². The van der Waals surface area contributed by atoms with E-state index in [1.54, 1.807) is 7.11 Å². The molecule has 0 aliphatic heterocycles. The summed E-state index contributed by atoms with van der Waals surface area (Å²) in [5, 5.41) is -0.383. The number of rotatable bonds is 6. The van der Waals surface area contributed by atoms with Gasteiger partial charge in [0.25, 0.3) is 0 Å². The molecule has 0 fully saturated rings. The van der Waals surface area contributed by atoms with E-state index in [4.69, 9.17) is 9.47 Å². The van der Waals surface area contributed by atoms with Crippen LogP contribution >= 0.6 is 11.8 Å². The summed E-state index contributed by atoms with van der Waals surface area (Å²) in [5.74, 6) is 0.579. The molecule has 0 spiro atoms. The highest BCUT2D eigenvalue weighted by atomic mass is 32.2. The van der Waals surface area contributed by atoms with Gasteiger partial charge in [0.2, 0.25) is 0 Å². The van der Waals surface area contributed by atoms with Gasteiger partial charge >= 0.3 is 5.97 Å². The third-order valence-corrected chi connectivity index (χ3v) is 4.50. The zero-order valence-corrected chi connectivity index (χ0v) is 14.7. The molecular weight excluding hydrogens is 308 g/mol. The summed E-state index contributed by atoms with van der Waals surface area (Å²) in [7, 11) is 1.64. The summed E-state index contributed by atoms with van der Waals surface area (Å²) >= 11 is 1.49. The SMILES string of the molecule is COc1ccc(SC(C(=O)OC(C)C)c2ccc(C)cc2)cc1. The molecule has 0 saturated carbocycles. The third kappa shape index (κ3) is 5.03. The van der Waals surface area contributed by atoms with Gasteiger partial charge in [0, 0.05) is 4.90 Å². The third-order valence-electron chi connectivity index (χ3n) is 3.26. The molecule has 0 aliphatic carbocycles. The lowest BCUT2D eigenvalue weighted by molar-refractivity contribution is -0.146. The second-order valence-electron chi connectivity index (χ2n) is 5.57. The van der Waals surface area contributed by atoms with Gasteiger partial charge in [0.05, 0.1) is 13.2 Å². The van der Waals surface area contributed by atoms with Gasteiger partial charge in [0.15, 0.2) is 0 Å². The predicted molar refractivity (Wildman–Crippen MR) is 94.0 cm³/mol. The summed E-state index contributed by atoms with van der Waals surface area (Å²) < 4.78 is 10.6. The Labute approximate surface area is 142 Å². The molecule has 122 valence electrons. The van der Waals surface area contributed by atoms with E-state index in [1.807, 2.05) is 69.3 Å². The molecule has 4 heteroatoms. The Hall–Kier alpha value is -1.94. The molecule has 0 heterocycles. The maximum absolute atomic E-state index is 12.5. The van der Waals surface area contributed by atoms with E-state index in [0.29, 0.717) is 0 Å². The molecule has 0 bridgehead atoms. The van der Waals surface area contributed by atoms with Crippen molar-refractivity contribution in [2.24, 2.45) is 0 Å². The molecule has 0 aliphatic rings. The van der Waals surface area contributed by atoms with Gasteiger partial charge in [-0.3, -0.25) is 4.79 Å². The molecule has 23 heavy (non-hydrogen) atoms. The Morgan fingerprint density at radius 2 is 1.61 bits per heavy atom. The van der Waals surface area contributed by atoms with Crippen LogP contribution in [0.2, 0.25) is 0 Å². The second kappa shape index (κ2) is 8.06. The van der Waals surface area contributed by atoms with Crippen LogP contribution in [0.25, 0.3) is 0 Å². The maximum Gasteiger partial charge on any atom is 0.324 e.